The standard InChI is InChI=1S/C28H26O8/c1-15-11-16(2)24-20(12-15)23(29)27(25(35-24)17-7-9-19(31-3)10-8-17)36-28(30)18-13-21(32-4)26(34-6)22(14-18)33-5/h7-14H,1-6H3. The number of methoxy groups -OCH3 is 4. The van der Waals surface area contributed by atoms with Crippen LogP contribution in [-0.2, 0) is 0 Å². The molecule has 0 unspecified atom stereocenters. The van der Waals surface area contributed by atoms with Crippen LogP contribution in [0.1, 0.15) is 21.5 Å². The van der Waals surface area contributed by atoms with Crippen molar-refractivity contribution in [1.82, 2.24) is 0 Å². The predicted molar refractivity (Wildman–Crippen MR) is 135 cm³/mol. The zero-order valence-corrected chi connectivity index (χ0v) is 20.9. The van der Waals surface area contributed by atoms with E-state index in [0.717, 1.165) is 11.1 Å². The van der Waals surface area contributed by atoms with Gasteiger partial charge in [-0.3, -0.25) is 4.79 Å². The van der Waals surface area contributed by atoms with Crippen LogP contribution in [0.2, 0.25) is 0 Å². The third kappa shape index (κ3) is 4.45. The summed E-state index contributed by atoms with van der Waals surface area (Å²) in [5, 5.41) is 0.317. The van der Waals surface area contributed by atoms with Gasteiger partial charge in [-0.15, -0.1) is 0 Å². The lowest BCUT2D eigenvalue weighted by atomic mass is 10.1. The van der Waals surface area contributed by atoms with Gasteiger partial charge in [0.05, 0.1) is 39.4 Å². The van der Waals surface area contributed by atoms with E-state index in [2.05, 4.69) is 0 Å². The van der Waals surface area contributed by atoms with Gasteiger partial charge in [0.25, 0.3) is 0 Å². The van der Waals surface area contributed by atoms with Crippen LogP contribution in [0.25, 0.3) is 22.3 Å². The number of carbonyl (C=O) groups excluding carboxylic acids is 1. The Hall–Kier alpha value is -4.46. The fourth-order valence-corrected chi connectivity index (χ4v) is 4.01. The molecule has 0 spiro atoms. The highest BCUT2D eigenvalue weighted by Gasteiger charge is 2.24. The Morgan fingerprint density at radius 1 is 0.778 bits per heavy atom. The Labute approximate surface area is 207 Å². The molecule has 0 fully saturated rings. The molecular formula is C28H26O8. The van der Waals surface area contributed by atoms with Crippen molar-refractivity contribution in [2.24, 2.45) is 0 Å². The first-order valence-corrected chi connectivity index (χ1v) is 11.1. The van der Waals surface area contributed by atoms with E-state index in [1.165, 1.54) is 33.5 Å². The van der Waals surface area contributed by atoms with Gasteiger partial charge in [-0.2, -0.15) is 0 Å². The van der Waals surface area contributed by atoms with Gasteiger partial charge in [-0.05, 0) is 67.4 Å². The number of fused-ring (bicyclic) bond motifs is 1. The van der Waals surface area contributed by atoms with E-state index in [0.29, 0.717) is 28.0 Å². The van der Waals surface area contributed by atoms with Crippen molar-refractivity contribution in [2.75, 3.05) is 28.4 Å². The molecule has 186 valence electrons. The predicted octanol–water partition coefficient (Wildman–Crippen LogP) is 5.33. The van der Waals surface area contributed by atoms with E-state index in [-0.39, 0.29) is 28.6 Å². The van der Waals surface area contributed by atoms with Crippen LogP contribution in [0.3, 0.4) is 0 Å². The highest BCUT2D eigenvalue weighted by molar-refractivity contribution is 5.94. The number of hydrogen-bond acceptors (Lipinski definition) is 8. The molecule has 0 aliphatic carbocycles. The minimum absolute atomic E-state index is 0.102. The summed E-state index contributed by atoms with van der Waals surface area (Å²) in [5.74, 6) is 0.614. The van der Waals surface area contributed by atoms with Crippen molar-refractivity contribution < 1.29 is 32.9 Å². The summed E-state index contributed by atoms with van der Waals surface area (Å²) in [6.45, 7) is 3.74. The number of hydrogen-bond donors (Lipinski definition) is 0. The molecule has 4 rings (SSSR count). The summed E-state index contributed by atoms with van der Waals surface area (Å²) in [6.07, 6.45) is 0. The molecule has 36 heavy (non-hydrogen) atoms. The van der Waals surface area contributed by atoms with Gasteiger partial charge >= 0.3 is 5.97 Å². The third-order valence-corrected chi connectivity index (χ3v) is 5.73. The van der Waals surface area contributed by atoms with Gasteiger partial charge < -0.3 is 28.1 Å². The Bertz CT molecular complexity index is 1470. The summed E-state index contributed by atoms with van der Waals surface area (Å²) in [6, 6.07) is 13.4. The second-order valence-electron chi connectivity index (χ2n) is 8.08. The summed E-state index contributed by atoms with van der Waals surface area (Å²) >= 11 is 0. The van der Waals surface area contributed by atoms with Crippen LogP contribution in [0.15, 0.2) is 57.7 Å². The van der Waals surface area contributed by atoms with Gasteiger partial charge in [0.15, 0.2) is 17.3 Å². The van der Waals surface area contributed by atoms with Crippen LogP contribution in [-0.4, -0.2) is 34.4 Å². The Balaban J connectivity index is 1.90. The van der Waals surface area contributed by atoms with E-state index >= 15 is 0 Å². The van der Waals surface area contributed by atoms with E-state index in [9.17, 15) is 9.59 Å². The minimum atomic E-state index is -0.792. The highest BCUT2D eigenvalue weighted by atomic mass is 16.5. The molecule has 0 aliphatic heterocycles. The average Bonchev–Trinajstić information content (AvgIpc) is 2.89. The van der Waals surface area contributed by atoms with Gasteiger partial charge in [0.2, 0.25) is 16.9 Å². The second kappa shape index (κ2) is 10.0. The van der Waals surface area contributed by atoms with Crippen molar-refractivity contribution >= 4 is 16.9 Å². The zero-order valence-electron chi connectivity index (χ0n) is 20.9. The average molecular weight is 491 g/mol. The summed E-state index contributed by atoms with van der Waals surface area (Å²) < 4.78 is 33.1. The van der Waals surface area contributed by atoms with Crippen LogP contribution >= 0.6 is 0 Å². The second-order valence-corrected chi connectivity index (χ2v) is 8.08. The quantitative estimate of drug-likeness (QED) is 0.321. The van der Waals surface area contributed by atoms with E-state index in [1.807, 2.05) is 19.9 Å². The maximum Gasteiger partial charge on any atom is 0.344 e. The largest absolute Gasteiger partial charge is 0.497 e. The molecule has 4 aromatic rings. The SMILES string of the molecule is COc1ccc(-c2oc3c(C)cc(C)cc3c(=O)c2OC(=O)c2cc(OC)c(OC)c(OC)c2)cc1. The van der Waals surface area contributed by atoms with Crippen molar-refractivity contribution in [3.05, 3.63) is 75.4 Å². The molecule has 0 radical (unpaired) electrons. The van der Waals surface area contributed by atoms with Crippen molar-refractivity contribution in [1.29, 1.82) is 0 Å². The highest BCUT2D eigenvalue weighted by Crippen LogP contribution is 2.39. The molecule has 3 aromatic carbocycles. The number of rotatable bonds is 7. The molecular weight excluding hydrogens is 464 g/mol. The van der Waals surface area contributed by atoms with Gasteiger partial charge in [0.1, 0.15) is 11.3 Å². The first-order chi connectivity index (χ1) is 17.3. The van der Waals surface area contributed by atoms with Crippen LogP contribution in [0.4, 0.5) is 0 Å². The number of benzene rings is 3. The molecule has 0 saturated carbocycles. The monoisotopic (exact) mass is 490 g/mol. The molecule has 0 amide bonds. The van der Waals surface area contributed by atoms with Crippen LogP contribution in [0, 0.1) is 13.8 Å². The lowest BCUT2D eigenvalue weighted by molar-refractivity contribution is 0.0730. The number of ether oxygens (including phenoxy) is 5. The maximum atomic E-state index is 13.6. The number of carbonyl (C=O) groups is 1. The van der Waals surface area contributed by atoms with Crippen molar-refractivity contribution in [3.8, 4) is 40.1 Å². The van der Waals surface area contributed by atoms with Gasteiger partial charge in [0, 0.05) is 5.56 Å². The van der Waals surface area contributed by atoms with E-state index < -0.39 is 11.4 Å². The summed E-state index contributed by atoms with van der Waals surface area (Å²) in [7, 11) is 5.90. The van der Waals surface area contributed by atoms with E-state index in [1.54, 1.807) is 37.4 Å². The topological polar surface area (TPSA) is 93.4 Å². The van der Waals surface area contributed by atoms with E-state index in [4.69, 9.17) is 28.1 Å². The summed E-state index contributed by atoms with van der Waals surface area (Å²) in [5.41, 5.74) is 2.27. The van der Waals surface area contributed by atoms with Crippen LogP contribution < -0.4 is 29.1 Å². The Morgan fingerprint density at radius 3 is 1.97 bits per heavy atom. The molecule has 0 N–H and O–H groups in total. The maximum absolute atomic E-state index is 13.6. The lowest BCUT2D eigenvalue weighted by Crippen LogP contribution is -2.17. The smallest absolute Gasteiger partial charge is 0.344 e. The molecule has 0 atom stereocenters. The Morgan fingerprint density at radius 2 is 1.42 bits per heavy atom. The minimum Gasteiger partial charge on any atom is -0.497 e. The zero-order chi connectivity index (χ0) is 26.0. The molecule has 1 aromatic heterocycles. The number of aryl methyl sites for hydroxylation is 2. The van der Waals surface area contributed by atoms with Crippen LogP contribution in [0.5, 0.6) is 28.7 Å². The lowest BCUT2D eigenvalue weighted by Gasteiger charge is -2.15. The molecule has 8 nitrogen and oxygen atoms in total. The van der Waals surface area contributed by atoms with Gasteiger partial charge in [-0.25, -0.2) is 4.79 Å². The molecule has 0 bridgehead atoms. The molecule has 8 heteroatoms. The normalized spacial score (nSPS) is 10.7. The fraction of sp³-hybridized carbons (Fsp3) is 0.214. The fourth-order valence-electron chi connectivity index (χ4n) is 4.01. The Kier molecular flexibility index (Phi) is 6.87. The molecule has 0 aliphatic rings. The third-order valence-electron chi connectivity index (χ3n) is 5.73. The molecule has 1 heterocycles. The first kappa shape index (κ1) is 24.7. The van der Waals surface area contributed by atoms with Crippen molar-refractivity contribution in [2.45, 2.75) is 13.8 Å². The number of esters is 1. The van der Waals surface area contributed by atoms with Crippen molar-refractivity contribution in [3.63, 3.8) is 0 Å². The first-order valence-electron chi connectivity index (χ1n) is 11.1. The molecule has 0 saturated heterocycles. The summed E-state index contributed by atoms with van der Waals surface area (Å²) in [4.78, 5) is 26.9. The van der Waals surface area contributed by atoms with Gasteiger partial charge in [-0.1, -0.05) is 6.07 Å².